The average Bonchev–Trinajstić information content (AvgIpc) is 2.70. The molecule has 0 aliphatic rings. The third kappa shape index (κ3) is 3.85. The van der Waals surface area contributed by atoms with E-state index in [2.05, 4.69) is 18.9 Å². The SMILES string of the molecule is CC(C)C(N)CCN(C)C(=O)c1cnn(C)c1. The first-order chi connectivity index (χ1) is 7.91. The van der Waals surface area contributed by atoms with Crippen LogP contribution in [0.5, 0.6) is 0 Å². The van der Waals surface area contributed by atoms with Crippen molar-refractivity contribution in [3.8, 4) is 0 Å². The summed E-state index contributed by atoms with van der Waals surface area (Å²) in [6.07, 6.45) is 4.13. The summed E-state index contributed by atoms with van der Waals surface area (Å²) < 4.78 is 1.63. The van der Waals surface area contributed by atoms with Gasteiger partial charge in [0.05, 0.1) is 11.8 Å². The van der Waals surface area contributed by atoms with Crippen molar-refractivity contribution in [3.05, 3.63) is 18.0 Å². The Labute approximate surface area is 103 Å². The largest absolute Gasteiger partial charge is 0.342 e. The minimum atomic E-state index is -0.00550. The molecule has 1 atom stereocenters. The molecule has 1 rings (SSSR count). The molecular formula is C12H22N4O. The zero-order valence-electron chi connectivity index (χ0n) is 11.1. The Morgan fingerprint density at radius 3 is 2.71 bits per heavy atom. The maximum absolute atomic E-state index is 12.0. The predicted molar refractivity (Wildman–Crippen MR) is 67.6 cm³/mol. The number of nitrogens with two attached hydrogens (primary N) is 1. The summed E-state index contributed by atoms with van der Waals surface area (Å²) in [6.45, 7) is 4.86. The van der Waals surface area contributed by atoms with E-state index in [1.807, 2.05) is 0 Å². The number of amides is 1. The van der Waals surface area contributed by atoms with Crippen molar-refractivity contribution in [2.75, 3.05) is 13.6 Å². The Hall–Kier alpha value is -1.36. The molecule has 1 amide bonds. The van der Waals surface area contributed by atoms with Crippen molar-refractivity contribution >= 4 is 5.91 Å². The molecule has 0 fully saturated rings. The lowest BCUT2D eigenvalue weighted by Crippen LogP contribution is -2.34. The molecule has 0 saturated carbocycles. The van der Waals surface area contributed by atoms with Crippen LogP contribution in [0.25, 0.3) is 0 Å². The van der Waals surface area contributed by atoms with Gasteiger partial charge in [0, 0.05) is 32.9 Å². The molecule has 1 unspecified atom stereocenters. The van der Waals surface area contributed by atoms with Crippen molar-refractivity contribution < 1.29 is 4.79 Å². The van der Waals surface area contributed by atoms with Gasteiger partial charge in [-0.2, -0.15) is 5.10 Å². The van der Waals surface area contributed by atoms with Gasteiger partial charge < -0.3 is 10.6 Å². The van der Waals surface area contributed by atoms with Gasteiger partial charge in [0.25, 0.3) is 5.91 Å². The first-order valence-electron chi connectivity index (χ1n) is 5.91. The predicted octanol–water partition coefficient (Wildman–Crippen LogP) is 0.865. The molecule has 96 valence electrons. The Balaban J connectivity index is 2.48. The number of hydrogen-bond donors (Lipinski definition) is 1. The Morgan fingerprint density at radius 1 is 1.59 bits per heavy atom. The number of carbonyl (C=O) groups excluding carboxylic acids is 1. The molecule has 1 aromatic rings. The number of aryl methyl sites for hydroxylation is 1. The summed E-state index contributed by atoms with van der Waals surface area (Å²) in [5.74, 6) is 0.436. The second-order valence-electron chi connectivity index (χ2n) is 4.83. The van der Waals surface area contributed by atoms with Crippen molar-refractivity contribution in [2.45, 2.75) is 26.3 Å². The minimum Gasteiger partial charge on any atom is -0.342 e. The van der Waals surface area contributed by atoms with Crippen molar-refractivity contribution in [1.29, 1.82) is 0 Å². The average molecular weight is 238 g/mol. The van der Waals surface area contributed by atoms with Crippen LogP contribution in [0.3, 0.4) is 0 Å². The molecule has 0 aliphatic carbocycles. The van der Waals surface area contributed by atoms with E-state index < -0.39 is 0 Å². The Morgan fingerprint density at radius 2 is 2.24 bits per heavy atom. The lowest BCUT2D eigenvalue weighted by Gasteiger charge is -2.21. The molecule has 0 bridgehead atoms. The van der Waals surface area contributed by atoms with Crippen LogP contribution in [0.1, 0.15) is 30.6 Å². The molecule has 0 aromatic carbocycles. The quantitative estimate of drug-likeness (QED) is 0.827. The molecular weight excluding hydrogens is 216 g/mol. The van der Waals surface area contributed by atoms with Gasteiger partial charge in [-0.05, 0) is 12.3 Å². The summed E-state index contributed by atoms with van der Waals surface area (Å²) in [5.41, 5.74) is 6.57. The van der Waals surface area contributed by atoms with E-state index in [-0.39, 0.29) is 11.9 Å². The molecule has 0 spiro atoms. The molecule has 1 heterocycles. The first-order valence-corrected chi connectivity index (χ1v) is 5.91. The van der Waals surface area contributed by atoms with Crippen LogP contribution in [0.15, 0.2) is 12.4 Å². The fourth-order valence-corrected chi connectivity index (χ4v) is 1.53. The van der Waals surface area contributed by atoms with Crippen molar-refractivity contribution in [1.82, 2.24) is 14.7 Å². The van der Waals surface area contributed by atoms with Gasteiger partial charge >= 0.3 is 0 Å². The van der Waals surface area contributed by atoms with Crippen LogP contribution >= 0.6 is 0 Å². The number of rotatable bonds is 5. The lowest BCUT2D eigenvalue weighted by atomic mass is 10.0. The second kappa shape index (κ2) is 5.82. The molecule has 1 aromatic heterocycles. The fourth-order valence-electron chi connectivity index (χ4n) is 1.53. The molecule has 0 radical (unpaired) electrons. The van der Waals surface area contributed by atoms with Crippen LogP contribution in [-0.4, -0.2) is 40.2 Å². The summed E-state index contributed by atoms with van der Waals surface area (Å²) >= 11 is 0. The van der Waals surface area contributed by atoms with E-state index in [0.717, 1.165) is 6.42 Å². The lowest BCUT2D eigenvalue weighted by molar-refractivity contribution is 0.0789. The maximum Gasteiger partial charge on any atom is 0.256 e. The van der Waals surface area contributed by atoms with Crippen LogP contribution in [-0.2, 0) is 7.05 Å². The van der Waals surface area contributed by atoms with E-state index in [4.69, 9.17) is 5.73 Å². The molecule has 2 N–H and O–H groups in total. The zero-order valence-corrected chi connectivity index (χ0v) is 11.1. The molecule has 17 heavy (non-hydrogen) atoms. The summed E-state index contributed by atoms with van der Waals surface area (Å²) in [6, 6.07) is 0.138. The van der Waals surface area contributed by atoms with Gasteiger partial charge in [-0.25, -0.2) is 0 Å². The summed E-state index contributed by atoms with van der Waals surface area (Å²) in [4.78, 5) is 13.7. The summed E-state index contributed by atoms with van der Waals surface area (Å²) in [5, 5.41) is 3.99. The van der Waals surface area contributed by atoms with Gasteiger partial charge in [0.15, 0.2) is 0 Å². The van der Waals surface area contributed by atoms with Gasteiger partial charge in [-0.1, -0.05) is 13.8 Å². The van der Waals surface area contributed by atoms with E-state index in [9.17, 15) is 4.79 Å². The number of nitrogens with zero attached hydrogens (tertiary/aromatic N) is 3. The van der Waals surface area contributed by atoms with Crippen molar-refractivity contribution in [2.24, 2.45) is 18.7 Å². The third-order valence-electron chi connectivity index (χ3n) is 2.95. The molecule has 5 nitrogen and oxygen atoms in total. The third-order valence-corrected chi connectivity index (χ3v) is 2.95. The topological polar surface area (TPSA) is 64.2 Å². The molecule has 5 heteroatoms. The van der Waals surface area contributed by atoms with Crippen LogP contribution in [0, 0.1) is 5.92 Å². The molecule has 0 saturated heterocycles. The number of hydrogen-bond acceptors (Lipinski definition) is 3. The molecule has 0 aliphatic heterocycles. The Kier molecular flexibility index (Phi) is 4.69. The van der Waals surface area contributed by atoms with E-state index >= 15 is 0 Å². The highest BCUT2D eigenvalue weighted by atomic mass is 16.2. The fraction of sp³-hybridized carbons (Fsp3) is 0.667. The van der Waals surface area contributed by atoms with E-state index in [1.165, 1.54) is 0 Å². The Bertz CT molecular complexity index is 372. The normalized spacial score (nSPS) is 12.8. The highest BCUT2D eigenvalue weighted by Crippen LogP contribution is 2.06. The zero-order chi connectivity index (χ0) is 13.0. The summed E-state index contributed by atoms with van der Waals surface area (Å²) in [7, 11) is 3.59. The van der Waals surface area contributed by atoms with Gasteiger partial charge in [-0.15, -0.1) is 0 Å². The smallest absolute Gasteiger partial charge is 0.256 e. The van der Waals surface area contributed by atoms with Crippen LogP contribution < -0.4 is 5.73 Å². The monoisotopic (exact) mass is 238 g/mol. The maximum atomic E-state index is 12.0. The van der Waals surface area contributed by atoms with Crippen LogP contribution in [0.2, 0.25) is 0 Å². The highest BCUT2D eigenvalue weighted by molar-refractivity contribution is 5.93. The highest BCUT2D eigenvalue weighted by Gasteiger charge is 2.15. The standard InChI is InChI=1S/C12H22N4O/c1-9(2)11(13)5-6-15(3)12(17)10-7-14-16(4)8-10/h7-9,11H,5-6,13H2,1-4H3. The van der Waals surface area contributed by atoms with Crippen molar-refractivity contribution in [3.63, 3.8) is 0 Å². The van der Waals surface area contributed by atoms with Crippen LogP contribution in [0.4, 0.5) is 0 Å². The minimum absolute atomic E-state index is 0.00550. The first kappa shape index (κ1) is 13.7. The van der Waals surface area contributed by atoms with Gasteiger partial charge in [0.1, 0.15) is 0 Å². The van der Waals surface area contributed by atoms with Gasteiger partial charge in [-0.3, -0.25) is 9.48 Å². The van der Waals surface area contributed by atoms with Gasteiger partial charge in [0.2, 0.25) is 0 Å². The number of aromatic nitrogens is 2. The van der Waals surface area contributed by atoms with E-state index in [1.54, 1.807) is 36.1 Å². The second-order valence-corrected chi connectivity index (χ2v) is 4.83. The van der Waals surface area contributed by atoms with E-state index in [0.29, 0.717) is 18.0 Å². The number of carbonyl (C=O) groups is 1.